The van der Waals surface area contributed by atoms with Crippen molar-refractivity contribution >= 4 is 23.4 Å². The molecule has 1 aromatic carbocycles. The van der Waals surface area contributed by atoms with Crippen molar-refractivity contribution in [1.29, 1.82) is 0 Å². The highest BCUT2D eigenvalue weighted by molar-refractivity contribution is 6.00. The van der Waals surface area contributed by atoms with E-state index in [-0.39, 0.29) is 35.5 Å². The number of hydrogen-bond acceptors (Lipinski definition) is 8. The van der Waals surface area contributed by atoms with Crippen LogP contribution in [0.5, 0.6) is 0 Å². The summed E-state index contributed by atoms with van der Waals surface area (Å²) in [6.45, 7) is 2.26. The number of carbonyl (C=O) groups excluding carboxylic acids is 2. The van der Waals surface area contributed by atoms with Gasteiger partial charge in [-0.2, -0.15) is 0 Å². The number of carbonyl (C=O) groups is 2. The molecule has 198 valence electrons. The standard InChI is InChI=1S/C27H27F2N5O4/c1-2-37-26(36)19-13-27(19)11-17-5-6-18(12-27)34(17)22-8-4-16(14-30-22)31-24(35)25-33-32-23(38-25)10-15-3-7-20(28)21(29)9-15/h3-4,7-9,14,17-19H,2,5-6,10-13H2,1H3,(H,31,35). The lowest BCUT2D eigenvalue weighted by molar-refractivity contribution is -0.145. The molecule has 1 amide bonds. The Hall–Kier alpha value is -3.89. The van der Waals surface area contributed by atoms with Crippen LogP contribution in [0, 0.1) is 23.0 Å². The van der Waals surface area contributed by atoms with Gasteiger partial charge in [0.1, 0.15) is 5.82 Å². The Balaban J connectivity index is 1.07. The first-order chi connectivity index (χ1) is 18.3. The summed E-state index contributed by atoms with van der Waals surface area (Å²) in [5, 5.41) is 10.3. The first kappa shape index (κ1) is 24.4. The lowest BCUT2D eigenvalue weighted by Crippen LogP contribution is -2.45. The number of anilines is 2. The molecule has 1 N–H and O–H groups in total. The van der Waals surface area contributed by atoms with E-state index in [2.05, 4.69) is 25.4 Å². The molecular formula is C27H27F2N5O4. The largest absolute Gasteiger partial charge is 0.466 e. The molecule has 4 heterocycles. The highest BCUT2D eigenvalue weighted by atomic mass is 19.2. The minimum Gasteiger partial charge on any atom is -0.466 e. The molecule has 3 fully saturated rings. The normalized spacial score (nSPS) is 25.4. The van der Waals surface area contributed by atoms with Crippen molar-refractivity contribution in [1.82, 2.24) is 15.2 Å². The summed E-state index contributed by atoms with van der Waals surface area (Å²) < 4.78 is 37.2. The lowest BCUT2D eigenvalue weighted by atomic mass is 9.85. The van der Waals surface area contributed by atoms with Gasteiger partial charge in [0.15, 0.2) is 11.6 Å². The number of fused-ring (bicyclic) bond motifs is 2. The highest BCUT2D eigenvalue weighted by Crippen LogP contribution is 2.64. The van der Waals surface area contributed by atoms with E-state index in [9.17, 15) is 18.4 Å². The minimum atomic E-state index is -0.971. The van der Waals surface area contributed by atoms with Gasteiger partial charge in [-0.05, 0) is 74.3 Å². The number of ether oxygens (including phenoxy) is 1. The molecular weight excluding hydrogens is 496 g/mol. The van der Waals surface area contributed by atoms with Crippen LogP contribution in [-0.4, -0.2) is 45.7 Å². The van der Waals surface area contributed by atoms with Gasteiger partial charge in [-0.3, -0.25) is 9.59 Å². The average Bonchev–Trinajstić information content (AvgIpc) is 3.22. The molecule has 3 aliphatic rings. The monoisotopic (exact) mass is 523 g/mol. The zero-order chi connectivity index (χ0) is 26.4. The number of pyridine rings is 1. The molecule has 1 spiro atoms. The Kier molecular flexibility index (Phi) is 6.08. The van der Waals surface area contributed by atoms with Gasteiger partial charge in [-0.25, -0.2) is 13.8 Å². The fourth-order valence-electron chi connectivity index (χ4n) is 6.17. The zero-order valence-corrected chi connectivity index (χ0v) is 20.8. The number of rotatable bonds is 7. The van der Waals surface area contributed by atoms with E-state index in [1.807, 2.05) is 13.0 Å². The third-order valence-electron chi connectivity index (χ3n) is 7.94. The zero-order valence-electron chi connectivity index (χ0n) is 20.8. The first-order valence-electron chi connectivity index (χ1n) is 12.8. The third kappa shape index (κ3) is 4.50. The van der Waals surface area contributed by atoms with E-state index in [1.54, 1.807) is 12.3 Å². The topological polar surface area (TPSA) is 110 Å². The number of aromatic nitrogens is 3. The van der Waals surface area contributed by atoms with Crippen molar-refractivity contribution < 1.29 is 27.5 Å². The van der Waals surface area contributed by atoms with Crippen molar-refractivity contribution in [3.63, 3.8) is 0 Å². The molecule has 3 atom stereocenters. The van der Waals surface area contributed by atoms with Gasteiger partial charge < -0.3 is 19.4 Å². The summed E-state index contributed by atoms with van der Waals surface area (Å²) >= 11 is 0. The Morgan fingerprint density at radius 1 is 1.11 bits per heavy atom. The van der Waals surface area contributed by atoms with Gasteiger partial charge in [0, 0.05) is 12.1 Å². The number of esters is 1. The molecule has 38 heavy (non-hydrogen) atoms. The van der Waals surface area contributed by atoms with Crippen molar-refractivity contribution in [3.05, 3.63) is 65.5 Å². The summed E-state index contributed by atoms with van der Waals surface area (Å²) in [5.74, 6) is -1.83. The smallest absolute Gasteiger partial charge is 0.313 e. The first-order valence-corrected chi connectivity index (χ1v) is 12.8. The summed E-state index contributed by atoms with van der Waals surface area (Å²) in [4.78, 5) is 31.8. The van der Waals surface area contributed by atoms with Crippen LogP contribution in [0.15, 0.2) is 40.9 Å². The second kappa shape index (κ2) is 9.45. The van der Waals surface area contributed by atoms with Crippen LogP contribution >= 0.6 is 0 Å². The lowest BCUT2D eigenvalue weighted by Gasteiger charge is -2.40. The number of piperidine rings is 1. The van der Waals surface area contributed by atoms with Gasteiger partial charge >= 0.3 is 17.8 Å². The maximum atomic E-state index is 13.4. The number of amides is 1. The second-order valence-corrected chi connectivity index (χ2v) is 10.4. The van der Waals surface area contributed by atoms with Gasteiger partial charge in [0.25, 0.3) is 0 Å². The molecule has 9 nitrogen and oxygen atoms in total. The molecule has 3 aromatic rings. The van der Waals surface area contributed by atoms with E-state index in [0.717, 1.165) is 50.1 Å². The van der Waals surface area contributed by atoms with Crippen molar-refractivity contribution in [2.45, 2.75) is 57.5 Å². The van der Waals surface area contributed by atoms with Crippen LogP contribution in [0.2, 0.25) is 0 Å². The van der Waals surface area contributed by atoms with Crippen LogP contribution in [-0.2, 0) is 16.0 Å². The quantitative estimate of drug-likeness (QED) is 0.457. The Labute approximate surface area is 217 Å². The maximum absolute atomic E-state index is 13.4. The van der Waals surface area contributed by atoms with Crippen molar-refractivity contribution in [2.75, 3.05) is 16.8 Å². The van der Waals surface area contributed by atoms with E-state index < -0.39 is 17.5 Å². The van der Waals surface area contributed by atoms with Crippen molar-refractivity contribution in [2.24, 2.45) is 11.3 Å². The Morgan fingerprint density at radius 3 is 2.58 bits per heavy atom. The number of hydrogen-bond donors (Lipinski definition) is 1. The summed E-state index contributed by atoms with van der Waals surface area (Å²) in [6.07, 6.45) is 6.66. The van der Waals surface area contributed by atoms with E-state index in [4.69, 9.17) is 9.15 Å². The second-order valence-electron chi connectivity index (χ2n) is 10.4. The van der Waals surface area contributed by atoms with E-state index in [0.29, 0.717) is 29.9 Å². The van der Waals surface area contributed by atoms with E-state index in [1.165, 1.54) is 6.07 Å². The molecule has 2 bridgehead atoms. The molecule has 1 saturated carbocycles. The molecule has 2 aromatic heterocycles. The van der Waals surface area contributed by atoms with Crippen LogP contribution in [0.1, 0.15) is 61.2 Å². The molecule has 6 rings (SSSR count). The van der Waals surface area contributed by atoms with Gasteiger partial charge in [0.05, 0.1) is 30.8 Å². The van der Waals surface area contributed by atoms with Gasteiger partial charge in [0.2, 0.25) is 5.89 Å². The average molecular weight is 524 g/mol. The van der Waals surface area contributed by atoms with Gasteiger partial charge in [-0.15, -0.1) is 10.2 Å². The predicted octanol–water partition coefficient (Wildman–Crippen LogP) is 4.29. The molecule has 3 unspecified atom stereocenters. The third-order valence-corrected chi connectivity index (χ3v) is 7.94. The Morgan fingerprint density at radius 2 is 1.89 bits per heavy atom. The summed E-state index contributed by atoms with van der Waals surface area (Å²) in [6, 6.07) is 7.82. The van der Waals surface area contributed by atoms with Gasteiger partial charge in [-0.1, -0.05) is 6.07 Å². The molecule has 2 aliphatic heterocycles. The Bertz CT molecular complexity index is 1360. The number of nitrogens with one attached hydrogen (secondary N) is 1. The molecule has 11 heteroatoms. The summed E-state index contributed by atoms with van der Waals surface area (Å²) in [7, 11) is 0. The van der Waals surface area contributed by atoms with E-state index >= 15 is 0 Å². The fourth-order valence-corrected chi connectivity index (χ4v) is 6.17. The SMILES string of the molecule is CCOC(=O)C1CC12CC1CCC(C2)N1c1ccc(NC(=O)c2nnc(Cc3ccc(F)c(F)c3)o2)cn1. The molecule has 1 aliphatic carbocycles. The highest BCUT2D eigenvalue weighted by Gasteiger charge is 2.64. The maximum Gasteiger partial charge on any atom is 0.313 e. The number of nitrogens with zero attached hydrogens (tertiary/aromatic N) is 4. The minimum absolute atomic E-state index is 0.0281. The predicted molar refractivity (Wildman–Crippen MR) is 131 cm³/mol. The van der Waals surface area contributed by atoms with Crippen LogP contribution < -0.4 is 10.2 Å². The fraction of sp³-hybridized carbons (Fsp3) is 0.444. The molecule has 0 radical (unpaired) electrons. The van der Waals surface area contributed by atoms with Crippen molar-refractivity contribution in [3.8, 4) is 0 Å². The molecule has 2 saturated heterocycles. The number of halogens is 2. The summed E-state index contributed by atoms with van der Waals surface area (Å²) in [5.41, 5.74) is 0.996. The number of benzene rings is 1. The van der Waals surface area contributed by atoms with Crippen LogP contribution in [0.25, 0.3) is 0 Å². The van der Waals surface area contributed by atoms with Crippen LogP contribution in [0.3, 0.4) is 0 Å². The van der Waals surface area contributed by atoms with Crippen LogP contribution in [0.4, 0.5) is 20.3 Å².